The van der Waals surface area contributed by atoms with Gasteiger partial charge < -0.3 is 14.6 Å². The first-order valence-corrected chi connectivity index (χ1v) is 7.85. The van der Waals surface area contributed by atoms with E-state index in [4.69, 9.17) is 4.42 Å². The maximum atomic E-state index is 13.0. The largest absolute Gasteiger partial charge is 0.467 e. The van der Waals surface area contributed by atoms with E-state index in [1.54, 1.807) is 38.1 Å². The number of hydrogen-bond donors (Lipinski definition) is 1. The Morgan fingerprint density at radius 2 is 1.96 bits per heavy atom. The quantitative estimate of drug-likeness (QED) is 0.848. The van der Waals surface area contributed by atoms with Gasteiger partial charge in [-0.1, -0.05) is 19.1 Å². The molecule has 1 atom stereocenters. The molecule has 1 N–H and O–H groups in total. The summed E-state index contributed by atoms with van der Waals surface area (Å²) in [4.78, 5) is 26.0. The molecule has 0 aliphatic heterocycles. The van der Waals surface area contributed by atoms with Crippen LogP contribution in [0, 0.1) is 5.82 Å². The van der Waals surface area contributed by atoms with Crippen molar-refractivity contribution in [1.29, 1.82) is 0 Å². The molecule has 0 radical (unpaired) electrons. The summed E-state index contributed by atoms with van der Waals surface area (Å²) in [5.41, 5.74) is 0.767. The van der Waals surface area contributed by atoms with Crippen LogP contribution in [0.15, 0.2) is 47.1 Å². The third-order valence-corrected chi connectivity index (χ3v) is 3.75. The van der Waals surface area contributed by atoms with E-state index in [9.17, 15) is 14.0 Å². The van der Waals surface area contributed by atoms with Crippen molar-refractivity contribution in [2.24, 2.45) is 0 Å². The predicted molar refractivity (Wildman–Crippen MR) is 87.3 cm³/mol. The van der Waals surface area contributed by atoms with Crippen LogP contribution in [-0.4, -0.2) is 22.8 Å². The van der Waals surface area contributed by atoms with Gasteiger partial charge >= 0.3 is 0 Å². The Labute approximate surface area is 140 Å². The molecule has 0 aliphatic rings. The second kappa shape index (κ2) is 8.29. The summed E-state index contributed by atoms with van der Waals surface area (Å²) in [5, 5.41) is 2.75. The van der Waals surface area contributed by atoms with Crippen molar-refractivity contribution in [1.82, 2.24) is 10.2 Å². The van der Waals surface area contributed by atoms with E-state index in [0.29, 0.717) is 5.76 Å². The molecule has 0 spiro atoms. The highest BCUT2D eigenvalue weighted by atomic mass is 19.1. The van der Waals surface area contributed by atoms with E-state index in [1.165, 1.54) is 23.3 Å². The zero-order valence-corrected chi connectivity index (χ0v) is 13.8. The highest BCUT2D eigenvalue weighted by Gasteiger charge is 2.25. The number of furan rings is 1. The third-order valence-electron chi connectivity index (χ3n) is 3.75. The first-order valence-electron chi connectivity index (χ1n) is 7.85. The van der Waals surface area contributed by atoms with Crippen LogP contribution in [0.5, 0.6) is 0 Å². The number of amides is 2. The third kappa shape index (κ3) is 4.68. The Hall–Kier alpha value is -2.63. The number of nitrogens with zero attached hydrogens (tertiary/aromatic N) is 1. The highest BCUT2D eigenvalue weighted by Crippen LogP contribution is 2.12. The molecule has 0 saturated carbocycles. The van der Waals surface area contributed by atoms with Gasteiger partial charge in [0.2, 0.25) is 11.8 Å². The molecule has 1 aromatic heterocycles. The SMILES string of the molecule is CCC(=O)N(Cc1ccc(F)cc1)[C@H](C)C(=O)NCc1ccco1. The standard InChI is InChI=1S/C18H21FN2O3/c1-3-17(22)21(12-14-6-8-15(19)9-7-14)13(2)18(23)20-11-16-5-4-10-24-16/h4-10,13H,3,11-12H2,1-2H3,(H,20,23)/t13-/m1/s1. The monoisotopic (exact) mass is 332 g/mol. The Morgan fingerprint density at radius 3 is 2.54 bits per heavy atom. The van der Waals surface area contributed by atoms with Crippen molar-refractivity contribution in [3.05, 3.63) is 59.8 Å². The lowest BCUT2D eigenvalue weighted by Gasteiger charge is -2.28. The molecule has 0 fully saturated rings. The maximum Gasteiger partial charge on any atom is 0.242 e. The van der Waals surface area contributed by atoms with Gasteiger partial charge in [-0.05, 0) is 36.8 Å². The zero-order chi connectivity index (χ0) is 17.5. The fraction of sp³-hybridized carbons (Fsp3) is 0.333. The number of carbonyl (C=O) groups excluding carboxylic acids is 2. The summed E-state index contributed by atoms with van der Waals surface area (Å²) in [6.45, 7) is 3.94. The highest BCUT2D eigenvalue weighted by molar-refractivity contribution is 5.87. The summed E-state index contributed by atoms with van der Waals surface area (Å²) in [5.74, 6) is -0.103. The number of rotatable bonds is 7. The summed E-state index contributed by atoms with van der Waals surface area (Å²) in [6.07, 6.45) is 1.82. The number of carbonyl (C=O) groups is 2. The zero-order valence-electron chi connectivity index (χ0n) is 13.8. The van der Waals surface area contributed by atoms with Gasteiger partial charge in [-0.25, -0.2) is 4.39 Å². The fourth-order valence-corrected chi connectivity index (χ4v) is 2.31. The second-order valence-electron chi connectivity index (χ2n) is 5.47. The van der Waals surface area contributed by atoms with E-state index >= 15 is 0 Å². The molecule has 0 aliphatic carbocycles. The summed E-state index contributed by atoms with van der Waals surface area (Å²) < 4.78 is 18.2. The minimum absolute atomic E-state index is 0.139. The van der Waals surface area contributed by atoms with Gasteiger partial charge in [0.15, 0.2) is 0 Å². The Bertz CT molecular complexity index is 668. The Kier molecular flexibility index (Phi) is 6.12. The fourth-order valence-electron chi connectivity index (χ4n) is 2.31. The number of hydrogen-bond acceptors (Lipinski definition) is 3. The summed E-state index contributed by atoms with van der Waals surface area (Å²) >= 11 is 0. The summed E-state index contributed by atoms with van der Waals surface area (Å²) in [6, 6.07) is 8.76. The molecule has 128 valence electrons. The van der Waals surface area contributed by atoms with Crippen LogP contribution in [0.25, 0.3) is 0 Å². The van der Waals surface area contributed by atoms with E-state index < -0.39 is 6.04 Å². The number of halogens is 1. The second-order valence-corrected chi connectivity index (χ2v) is 5.47. The normalized spacial score (nSPS) is 11.8. The van der Waals surface area contributed by atoms with Gasteiger partial charge in [0, 0.05) is 13.0 Å². The van der Waals surface area contributed by atoms with Gasteiger partial charge in [0.1, 0.15) is 17.6 Å². The molecule has 1 heterocycles. The average Bonchev–Trinajstić information content (AvgIpc) is 3.11. The molecular formula is C18H21FN2O3. The van der Waals surface area contributed by atoms with Crippen LogP contribution < -0.4 is 5.32 Å². The molecule has 0 bridgehead atoms. The lowest BCUT2D eigenvalue weighted by atomic mass is 10.1. The van der Waals surface area contributed by atoms with Gasteiger partial charge in [-0.2, -0.15) is 0 Å². The average molecular weight is 332 g/mol. The van der Waals surface area contributed by atoms with E-state index in [-0.39, 0.29) is 37.1 Å². The van der Waals surface area contributed by atoms with Crippen LogP contribution in [0.1, 0.15) is 31.6 Å². The van der Waals surface area contributed by atoms with Crippen molar-refractivity contribution in [2.45, 2.75) is 39.4 Å². The molecule has 1 aromatic carbocycles. The van der Waals surface area contributed by atoms with Crippen molar-refractivity contribution in [3.63, 3.8) is 0 Å². The van der Waals surface area contributed by atoms with E-state index in [1.807, 2.05) is 0 Å². The molecule has 2 amide bonds. The van der Waals surface area contributed by atoms with Crippen LogP contribution in [0.4, 0.5) is 4.39 Å². The summed E-state index contributed by atoms with van der Waals surface area (Å²) in [7, 11) is 0. The van der Waals surface area contributed by atoms with Gasteiger partial charge in [0.05, 0.1) is 12.8 Å². The molecule has 0 saturated heterocycles. The van der Waals surface area contributed by atoms with Crippen molar-refractivity contribution in [2.75, 3.05) is 0 Å². The van der Waals surface area contributed by atoms with Crippen LogP contribution >= 0.6 is 0 Å². The molecule has 24 heavy (non-hydrogen) atoms. The lowest BCUT2D eigenvalue weighted by molar-refractivity contribution is -0.140. The number of nitrogens with one attached hydrogen (secondary N) is 1. The Balaban J connectivity index is 2.03. The molecule has 5 nitrogen and oxygen atoms in total. The Morgan fingerprint density at radius 1 is 1.25 bits per heavy atom. The van der Waals surface area contributed by atoms with Crippen molar-refractivity contribution < 1.29 is 18.4 Å². The van der Waals surface area contributed by atoms with Crippen LogP contribution in [-0.2, 0) is 22.7 Å². The first-order chi connectivity index (χ1) is 11.5. The molecular weight excluding hydrogens is 311 g/mol. The maximum absolute atomic E-state index is 13.0. The van der Waals surface area contributed by atoms with Crippen LogP contribution in [0.2, 0.25) is 0 Å². The lowest BCUT2D eigenvalue weighted by Crippen LogP contribution is -2.47. The topological polar surface area (TPSA) is 62.6 Å². The molecule has 0 unspecified atom stereocenters. The minimum atomic E-state index is -0.641. The minimum Gasteiger partial charge on any atom is -0.467 e. The van der Waals surface area contributed by atoms with Gasteiger partial charge in [-0.3, -0.25) is 9.59 Å². The number of benzene rings is 1. The van der Waals surface area contributed by atoms with Gasteiger partial charge in [-0.15, -0.1) is 0 Å². The molecule has 2 rings (SSSR count). The van der Waals surface area contributed by atoms with E-state index in [2.05, 4.69) is 5.32 Å². The van der Waals surface area contributed by atoms with Crippen LogP contribution in [0.3, 0.4) is 0 Å². The van der Waals surface area contributed by atoms with Gasteiger partial charge in [0.25, 0.3) is 0 Å². The molecule has 2 aromatic rings. The van der Waals surface area contributed by atoms with E-state index in [0.717, 1.165) is 5.56 Å². The van der Waals surface area contributed by atoms with Crippen molar-refractivity contribution in [3.8, 4) is 0 Å². The molecule has 6 heteroatoms. The first kappa shape index (κ1) is 17.7. The smallest absolute Gasteiger partial charge is 0.242 e. The van der Waals surface area contributed by atoms with Crippen molar-refractivity contribution >= 4 is 11.8 Å². The predicted octanol–water partition coefficient (Wildman–Crippen LogP) is 2.86.